The van der Waals surface area contributed by atoms with Gasteiger partial charge in [0.05, 0.1) is 5.69 Å². The van der Waals surface area contributed by atoms with Gasteiger partial charge in [-0.3, -0.25) is 14.7 Å². The zero-order valence-corrected chi connectivity index (χ0v) is 13.8. The first-order valence-electron chi connectivity index (χ1n) is 7.94. The Morgan fingerprint density at radius 1 is 1.30 bits per heavy atom. The molecule has 5 heteroatoms. The molecule has 0 atom stereocenters. The van der Waals surface area contributed by atoms with Crippen molar-refractivity contribution in [2.45, 2.75) is 25.4 Å². The molecule has 0 saturated carbocycles. The number of nitrogens with zero attached hydrogens (tertiary/aromatic N) is 2. The van der Waals surface area contributed by atoms with E-state index in [4.69, 9.17) is 0 Å². The summed E-state index contributed by atoms with van der Waals surface area (Å²) in [6, 6.07) is 10.3. The summed E-state index contributed by atoms with van der Waals surface area (Å²) in [5, 5.41) is 5.11. The molecule has 1 aliphatic heterocycles. The molecule has 120 valence electrons. The van der Waals surface area contributed by atoms with Crippen LogP contribution in [0.3, 0.4) is 0 Å². The number of likely N-dealkylation sites (tertiary alicyclic amines) is 1. The number of pyridine rings is 1. The van der Waals surface area contributed by atoms with E-state index >= 15 is 0 Å². The summed E-state index contributed by atoms with van der Waals surface area (Å²) < 4.78 is 0. The van der Waals surface area contributed by atoms with Crippen LogP contribution < -0.4 is 5.32 Å². The van der Waals surface area contributed by atoms with E-state index in [9.17, 15) is 4.79 Å². The lowest BCUT2D eigenvalue weighted by atomic mass is 10.0. The summed E-state index contributed by atoms with van der Waals surface area (Å²) in [5.41, 5.74) is 1.11. The molecule has 2 aromatic rings. The van der Waals surface area contributed by atoms with Crippen molar-refractivity contribution in [2.75, 3.05) is 13.1 Å². The van der Waals surface area contributed by atoms with Crippen LogP contribution >= 0.6 is 11.3 Å². The molecule has 0 aromatic carbocycles. The molecule has 1 aliphatic rings. The van der Waals surface area contributed by atoms with Gasteiger partial charge in [-0.2, -0.15) is 0 Å². The molecule has 0 aliphatic carbocycles. The molecule has 1 amide bonds. The lowest BCUT2D eigenvalue weighted by molar-refractivity contribution is -0.117. The number of carbonyl (C=O) groups excluding carboxylic acids is 1. The second-order valence-corrected chi connectivity index (χ2v) is 6.71. The fraction of sp³-hybridized carbons (Fsp3) is 0.333. The van der Waals surface area contributed by atoms with Crippen molar-refractivity contribution < 1.29 is 4.79 Å². The van der Waals surface area contributed by atoms with Crippen LogP contribution in [0.5, 0.6) is 0 Å². The first-order chi connectivity index (χ1) is 11.3. The first-order valence-corrected chi connectivity index (χ1v) is 8.82. The Morgan fingerprint density at radius 3 is 2.87 bits per heavy atom. The van der Waals surface area contributed by atoms with E-state index < -0.39 is 0 Å². The number of hydrogen-bond donors (Lipinski definition) is 1. The van der Waals surface area contributed by atoms with Crippen molar-refractivity contribution in [1.29, 1.82) is 0 Å². The van der Waals surface area contributed by atoms with Gasteiger partial charge in [0.15, 0.2) is 0 Å². The number of rotatable bonds is 5. The highest BCUT2D eigenvalue weighted by Crippen LogP contribution is 2.13. The largest absolute Gasteiger partial charge is 0.350 e. The molecular formula is C18H21N3OS. The van der Waals surface area contributed by atoms with Gasteiger partial charge in [0, 0.05) is 42.8 Å². The first kappa shape index (κ1) is 15.9. The maximum atomic E-state index is 12.0. The van der Waals surface area contributed by atoms with Gasteiger partial charge in [0.1, 0.15) is 0 Å². The highest BCUT2D eigenvalue weighted by molar-refractivity contribution is 7.10. The van der Waals surface area contributed by atoms with Crippen molar-refractivity contribution in [3.05, 3.63) is 58.6 Å². The smallest absolute Gasteiger partial charge is 0.244 e. The van der Waals surface area contributed by atoms with Crippen molar-refractivity contribution in [3.63, 3.8) is 0 Å². The minimum absolute atomic E-state index is 0.00146. The average Bonchev–Trinajstić information content (AvgIpc) is 3.09. The van der Waals surface area contributed by atoms with Gasteiger partial charge in [-0.1, -0.05) is 12.1 Å². The van der Waals surface area contributed by atoms with Gasteiger partial charge in [0.2, 0.25) is 5.91 Å². The summed E-state index contributed by atoms with van der Waals surface area (Å²) in [5.74, 6) is 0.00146. The summed E-state index contributed by atoms with van der Waals surface area (Å²) in [4.78, 5) is 19.8. The van der Waals surface area contributed by atoms with Gasteiger partial charge >= 0.3 is 0 Å². The van der Waals surface area contributed by atoms with E-state index in [1.807, 2.05) is 41.9 Å². The van der Waals surface area contributed by atoms with Gasteiger partial charge in [0.25, 0.3) is 0 Å². The van der Waals surface area contributed by atoms with Crippen molar-refractivity contribution in [2.24, 2.45) is 0 Å². The third-order valence-electron chi connectivity index (χ3n) is 3.99. The molecule has 0 spiro atoms. The Labute approximate surface area is 140 Å². The van der Waals surface area contributed by atoms with E-state index in [1.165, 1.54) is 0 Å². The predicted molar refractivity (Wildman–Crippen MR) is 94.0 cm³/mol. The number of thiophene rings is 1. The Hall–Kier alpha value is -1.98. The predicted octanol–water partition coefficient (Wildman–Crippen LogP) is 2.94. The van der Waals surface area contributed by atoms with E-state index in [2.05, 4.69) is 21.3 Å². The van der Waals surface area contributed by atoms with Crippen LogP contribution in [0.4, 0.5) is 0 Å². The Kier molecular flexibility index (Phi) is 5.56. The van der Waals surface area contributed by atoms with Crippen LogP contribution in [0.25, 0.3) is 6.08 Å². The number of nitrogens with one attached hydrogen (secondary N) is 1. The van der Waals surface area contributed by atoms with Crippen LogP contribution in [0.1, 0.15) is 23.4 Å². The number of piperidine rings is 1. The molecule has 1 saturated heterocycles. The maximum Gasteiger partial charge on any atom is 0.244 e. The van der Waals surface area contributed by atoms with E-state index in [0.717, 1.165) is 43.0 Å². The fourth-order valence-corrected chi connectivity index (χ4v) is 3.37. The molecule has 3 heterocycles. The van der Waals surface area contributed by atoms with Crippen LogP contribution in [-0.4, -0.2) is 34.9 Å². The molecule has 23 heavy (non-hydrogen) atoms. The second-order valence-electron chi connectivity index (χ2n) is 5.73. The standard InChI is InChI=1S/C18H21N3OS/c22-18(7-6-17-5-3-13-23-17)20-15-8-11-21(12-9-15)14-16-4-1-2-10-19-16/h1-7,10,13,15H,8-9,11-12,14H2,(H,20,22)/b7-6+. The summed E-state index contributed by atoms with van der Waals surface area (Å²) in [6.45, 7) is 2.88. The van der Waals surface area contributed by atoms with E-state index in [1.54, 1.807) is 17.4 Å². The third kappa shape index (κ3) is 5.01. The van der Waals surface area contributed by atoms with Crippen molar-refractivity contribution in [1.82, 2.24) is 15.2 Å². The van der Waals surface area contributed by atoms with Gasteiger partial charge in [-0.25, -0.2) is 0 Å². The number of hydrogen-bond acceptors (Lipinski definition) is 4. The Morgan fingerprint density at radius 2 is 2.17 bits per heavy atom. The fourth-order valence-electron chi connectivity index (χ4n) is 2.75. The second kappa shape index (κ2) is 8.04. The lowest BCUT2D eigenvalue weighted by Crippen LogP contribution is -2.43. The normalized spacial score (nSPS) is 16.7. The van der Waals surface area contributed by atoms with Gasteiger partial charge in [-0.15, -0.1) is 11.3 Å². The molecule has 1 N–H and O–H groups in total. The average molecular weight is 327 g/mol. The molecule has 0 unspecified atom stereocenters. The van der Waals surface area contributed by atoms with Gasteiger partial charge < -0.3 is 5.32 Å². The van der Waals surface area contributed by atoms with E-state index in [0.29, 0.717) is 0 Å². The summed E-state index contributed by atoms with van der Waals surface area (Å²) >= 11 is 1.63. The van der Waals surface area contributed by atoms with Crippen LogP contribution in [0.15, 0.2) is 48.0 Å². The number of carbonyl (C=O) groups is 1. The van der Waals surface area contributed by atoms with Gasteiger partial charge in [-0.05, 0) is 42.5 Å². The zero-order chi connectivity index (χ0) is 15.9. The SMILES string of the molecule is O=C(/C=C/c1cccs1)NC1CCN(Cc2ccccn2)CC1. The van der Waals surface area contributed by atoms with Crippen LogP contribution in [0, 0.1) is 0 Å². The molecule has 0 radical (unpaired) electrons. The van der Waals surface area contributed by atoms with Crippen molar-refractivity contribution >= 4 is 23.3 Å². The molecule has 3 rings (SSSR count). The molecular weight excluding hydrogens is 306 g/mol. The number of aromatic nitrogens is 1. The Balaban J connectivity index is 1.41. The maximum absolute atomic E-state index is 12.0. The van der Waals surface area contributed by atoms with E-state index in [-0.39, 0.29) is 11.9 Å². The highest BCUT2D eigenvalue weighted by Gasteiger charge is 2.20. The number of amides is 1. The minimum atomic E-state index is 0.00146. The Bertz CT molecular complexity index is 632. The minimum Gasteiger partial charge on any atom is -0.350 e. The van der Waals surface area contributed by atoms with Crippen LogP contribution in [0.2, 0.25) is 0 Å². The highest BCUT2D eigenvalue weighted by atomic mass is 32.1. The lowest BCUT2D eigenvalue weighted by Gasteiger charge is -2.31. The molecule has 0 bridgehead atoms. The third-order valence-corrected chi connectivity index (χ3v) is 4.83. The molecule has 4 nitrogen and oxygen atoms in total. The molecule has 1 fully saturated rings. The van der Waals surface area contributed by atoms with Crippen molar-refractivity contribution in [3.8, 4) is 0 Å². The topological polar surface area (TPSA) is 45.2 Å². The summed E-state index contributed by atoms with van der Waals surface area (Å²) in [7, 11) is 0. The molecule has 2 aromatic heterocycles. The van der Waals surface area contributed by atoms with Crippen LogP contribution in [-0.2, 0) is 11.3 Å². The summed E-state index contributed by atoms with van der Waals surface area (Å²) in [6.07, 6.45) is 7.32. The monoisotopic (exact) mass is 327 g/mol. The quantitative estimate of drug-likeness (QED) is 0.859. The zero-order valence-electron chi connectivity index (χ0n) is 13.0.